The molecular weight excluding hydrogens is 463 g/mol. The summed E-state index contributed by atoms with van der Waals surface area (Å²) in [6, 6.07) is 13.7. The Morgan fingerprint density at radius 1 is 1.00 bits per heavy atom. The second-order valence-electron chi connectivity index (χ2n) is 8.23. The molecule has 0 fully saturated rings. The van der Waals surface area contributed by atoms with Crippen molar-refractivity contribution in [1.29, 1.82) is 0 Å². The van der Waals surface area contributed by atoms with Crippen LogP contribution >= 0.6 is 0 Å². The van der Waals surface area contributed by atoms with Gasteiger partial charge in [-0.2, -0.15) is 13.2 Å². The zero-order valence-corrected chi connectivity index (χ0v) is 18.4. The Labute approximate surface area is 197 Å². The van der Waals surface area contributed by atoms with E-state index in [1.165, 1.54) is 12.1 Å². The van der Waals surface area contributed by atoms with Crippen LogP contribution in [-0.4, -0.2) is 34.4 Å². The summed E-state index contributed by atoms with van der Waals surface area (Å²) in [5, 5.41) is 19.6. The Hall–Kier alpha value is -3.76. The molecule has 5 rings (SSSR count). The van der Waals surface area contributed by atoms with Crippen LogP contribution < -0.4 is 5.32 Å². The second kappa shape index (κ2) is 9.12. The standard InChI is InChI=1S/C25H20F3N3O4/c26-25(27,28)20-22(31-34-23(20)15-4-2-1-3-5-15)24-19-9-7-16-10-14(11-29-12-17(33)13-32)6-8-18(16)21(19)30-35-24/h1-6,8,10,29,32H,7,9,11-13H2. The van der Waals surface area contributed by atoms with Crippen LogP contribution in [0.25, 0.3) is 34.0 Å². The first kappa shape index (κ1) is 23.0. The lowest BCUT2D eigenvalue weighted by molar-refractivity contribution is -0.136. The molecule has 1 aliphatic rings. The third-order valence-corrected chi connectivity index (χ3v) is 5.91. The summed E-state index contributed by atoms with van der Waals surface area (Å²) in [5.41, 5.74) is 2.58. The Morgan fingerprint density at radius 3 is 2.49 bits per heavy atom. The number of carbonyl (C=O) groups is 1. The lowest BCUT2D eigenvalue weighted by atomic mass is 9.87. The fourth-order valence-corrected chi connectivity index (χ4v) is 4.29. The van der Waals surface area contributed by atoms with Crippen LogP contribution in [0.5, 0.6) is 0 Å². The van der Waals surface area contributed by atoms with Gasteiger partial charge in [-0.1, -0.05) is 58.8 Å². The Bertz CT molecular complexity index is 1380. The average Bonchev–Trinajstić information content (AvgIpc) is 3.49. The molecule has 35 heavy (non-hydrogen) atoms. The molecule has 0 unspecified atom stereocenters. The summed E-state index contributed by atoms with van der Waals surface area (Å²) in [5.74, 6) is -0.715. The lowest BCUT2D eigenvalue weighted by Gasteiger charge is -2.16. The molecule has 180 valence electrons. The van der Waals surface area contributed by atoms with E-state index in [-0.39, 0.29) is 29.4 Å². The van der Waals surface area contributed by atoms with Gasteiger partial charge >= 0.3 is 6.18 Å². The van der Waals surface area contributed by atoms with Gasteiger partial charge in [-0.05, 0) is 24.0 Å². The minimum atomic E-state index is -4.72. The highest BCUT2D eigenvalue weighted by Crippen LogP contribution is 2.46. The molecule has 0 radical (unpaired) electrons. The molecule has 0 amide bonds. The number of benzene rings is 2. The van der Waals surface area contributed by atoms with Crippen LogP contribution in [0.1, 0.15) is 22.3 Å². The molecule has 1 aliphatic carbocycles. The van der Waals surface area contributed by atoms with Crippen LogP contribution in [0.15, 0.2) is 57.6 Å². The van der Waals surface area contributed by atoms with E-state index in [0.29, 0.717) is 30.6 Å². The number of hydrogen-bond acceptors (Lipinski definition) is 7. The molecule has 2 aromatic heterocycles. The van der Waals surface area contributed by atoms with E-state index < -0.39 is 24.0 Å². The van der Waals surface area contributed by atoms with Gasteiger partial charge < -0.3 is 19.5 Å². The van der Waals surface area contributed by atoms with Crippen molar-refractivity contribution in [1.82, 2.24) is 15.6 Å². The van der Waals surface area contributed by atoms with Crippen molar-refractivity contribution in [3.63, 3.8) is 0 Å². The summed E-state index contributed by atoms with van der Waals surface area (Å²) in [7, 11) is 0. The number of nitrogens with zero attached hydrogens (tertiary/aromatic N) is 2. The topological polar surface area (TPSA) is 101 Å². The summed E-state index contributed by atoms with van der Waals surface area (Å²) < 4.78 is 52.9. The first-order chi connectivity index (χ1) is 16.9. The normalized spacial score (nSPS) is 12.9. The SMILES string of the molecule is O=C(CO)CNCc1ccc2c(c1)CCc1c-2noc1-c1noc(-c2ccccc2)c1C(F)(F)F. The number of ketones is 1. The number of carbonyl (C=O) groups excluding carboxylic acids is 1. The van der Waals surface area contributed by atoms with E-state index in [1.54, 1.807) is 18.2 Å². The quantitative estimate of drug-likeness (QED) is 0.401. The Kier molecular flexibility index (Phi) is 6.00. The molecule has 0 atom stereocenters. The van der Waals surface area contributed by atoms with E-state index in [9.17, 15) is 18.0 Å². The van der Waals surface area contributed by atoms with Crippen molar-refractivity contribution < 1.29 is 32.1 Å². The molecular formula is C25H20F3N3O4. The van der Waals surface area contributed by atoms with Crippen molar-refractivity contribution in [2.24, 2.45) is 0 Å². The van der Waals surface area contributed by atoms with Crippen LogP contribution in [-0.2, 0) is 30.4 Å². The second-order valence-corrected chi connectivity index (χ2v) is 8.23. The van der Waals surface area contributed by atoms with Gasteiger partial charge in [0.05, 0.1) is 6.54 Å². The zero-order chi connectivity index (χ0) is 24.6. The van der Waals surface area contributed by atoms with Gasteiger partial charge in [0, 0.05) is 23.2 Å². The minimum Gasteiger partial charge on any atom is -0.389 e. The van der Waals surface area contributed by atoms with Gasteiger partial charge in [0.1, 0.15) is 17.9 Å². The maximum atomic E-state index is 14.1. The van der Waals surface area contributed by atoms with Gasteiger partial charge in [-0.25, -0.2) is 0 Å². The molecule has 10 heteroatoms. The smallest absolute Gasteiger partial charge is 0.389 e. The number of Topliss-reactive ketones (excluding diaryl/α,β-unsaturated/α-hetero) is 1. The third-order valence-electron chi connectivity index (χ3n) is 5.91. The summed E-state index contributed by atoms with van der Waals surface area (Å²) in [6.07, 6.45) is -3.72. The number of aryl methyl sites for hydroxylation is 1. The van der Waals surface area contributed by atoms with Gasteiger partial charge in [0.2, 0.25) is 0 Å². The van der Waals surface area contributed by atoms with Crippen LogP contribution in [0.3, 0.4) is 0 Å². The molecule has 0 saturated carbocycles. The fourth-order valence-electron chi connectivity index (χ4n) is 4.29. The van der Waals surface area contributed by atoms with Gasteiger partial charge in [0.25, 0.3) is 0 Å². The van der Waals surface area contributed by atoms with E-state index >= 15 is 0 Å². The highest BCUT2D eigenvalue weighted by molar-refractivity contribution is 5.81. The van der Waals surface area contributed by atoms with Gasteiger partial charge in [-0.15, -0.1) is 0 Å². The van der Waals surface area contributed by atoms with Crippen LogP contribution in [0, 0.1) is 0 Å². The Balaban J connectivity index is 1.49. The number of alkyl halides is 3. The van der Waals surface area contributed by atoms with E-state index in [2.05, 4.69) is 15.6 Å². The maximum absolute atomic E-state index is 14.1. The summed E-state index contributed by atoms with van der Waals surface area (Å²) in [6.45, 7) is -0.0104. The molecule has 7 nitrogen and oxygen atoms in total. The van der Waals surface area contributed by atoms with E-state index in [1.807, 2.05) is 18.2 Å². The van der Waals surface area contributed by atoms with Gasteiger partial charge in [-0.3, -0.25) is 4.79 Å². The zero-order valence-electron chi connectivity index (χ0n) is 18.4. The first-order valence-electron chi connectivity index (χ1n) is 10.9. The number of aromatic nitrogens is 2. The van der Waals surface area contributed by atoms with Crippen LogP contribution in [0.2, 0.25) is 0 Å². The van der Waals surface area contributed by atoms with E-state index in [4.69, 9.17) is 14.2 Å². The van der Waals surface area contributed by atoms with Crippen molar-refractivity contribution >= 4 is 5.78 Å². The predicted molar refractivity (Wildman–Crippen MR) is 119 cm³/mol. The number of halogens is 3. The monoisotopic (exact) mass is 483 g/mol. The molecule has 0 aliphatic heterocycles. The number of nitrogens with one attached hydrogen (secondary N) is 1. The molecule has 4 aromatic rings. The van der Waals surface area contributed by atoms with Crippen molar-refractivity contribution in [2.75, 3.05) is 13.2 Å². The van der Waals surface area contributed by atoms with E-state index in [0.717, 1.165) is 16.7 Å². The summed E-state index contributed by atoms with van der Waals surface area (Å²) >= 11 is 0. The van der Waals surface area contributed by atoms with Crippen LogP contribution in [0.4, 0.5) is 13.2 Å². The molecule has 0 spiro atoms. The highest BCUT2D eigenvalue weighted by Gasteiger charge is 2.43. The van der Waals surface area contributed by atoms with Gasteiger partial charge in [0.15, 0.2) is 23.0 Å². The molecule has 2 heterocycles. The summed E-state index contributed by atoms with van der Waals surface area (Å²) in [4.78, 5) is 11.2. The first-order valence-corrected chi connectivity index (χ1v) is 10.9. The predicted octanol–water partition coefficient (Wildman–Crippen LogP) is 4.43. The Morgan fingerprint density at radius 2 is 1.74 bits per heavy atom. The third kappa shape index (κ3) is 4.38. The highest BCUT2D eigenvalue weighted by atomic mass is 19.4. The molecule has 2 N–H and O–H groups in total. The number of aliphatic hydroxyl groups is 1. The molecule has 0 bridgehead atoms. The molecule has 2 aromatic carbocycles. The van der Waals surface area contributed by atoms with Crippen molar-refractivity contribution in [3.8, 4) is 34.0 Å². The largest absolute Gasteiger partial charge is 0.422 e. The lowest BCUT2D eigenvalue weighted by Crippen LogP contribution is -2.24. The van der Waals surface area contributed by atoms with Crippen molar-refractivity contribution in [3.05, 3.63) is 70.8 Å². The number of hydrogen-bond donors (Lipinski definition) is 2. The fraction of sp³-hybridized carbons (Fsp3) is 0.240. The average molecular weight is 483 g/mol. The number of rotatable bonds is 7. The minimum absolute atomic E-state index is 0.0443. The maximum Gasteiger partial charge on any atom is 0.422 e. The molecule has 0 saturated heterocycles. The van der Waals surface area contributed by atoms with Crippen molar-refractivity contribution in [2.45, 2.75) is 25.6 Å². The number of aliphatic hydroxyl groups excluding tert-OH is 1. The number of fused-ring (bicyclic) bond motifs is 3.